The highest BCUT2D eigenvalue weighted by molar-refractivity contribution is 5.96. The second-order valence-corrected chi connectivity index (χ2v) is 8.25. The summed E-state index contributed by atoms with van der Waals surface area (Å²) in [5.41, 5.74) is 6.62. The maximum Gasteiger partial charge on any atom is 0.106 e. The van der Waals surface area contributed by atoms with Crippen LogP contribution in [0, 0.1) is 0 Å². The van der Waals surface area contributed by atoms with Crippen molar-refractivity contribution in [3.05, 3.63) is 53.1 Å². The van der Waals surface area contributed by atoms with E-state index >= 15 is 0 Å². The summed E-state index contributed by atoms with van der Waals surface area (Å²) in [6.07, 6.45) is 12.1. The molecule has 124 valence electrons. The van der Waals surface area contributed by atoms with Crippen molar-refractivity contribution in [2.75, 3.05) is 13.1 Å². The Morgan fingerprint density at radius 2 is 1.71 bits per heavy atom. The fourth-order valence-electron chi connectivity index (χ4n) is 5.45. The van der Waals surface area contributed by atoms with Gasteiger partial charge in [0, 0.05) is 11.1 Å². The van der Waals surface area contributed by atoms with Crippen molar-refractivity contribution in [2.45, 2.75) is 58.0 Å². The lowest BCUT2D eigenvalue weighted by Crippen LogP contribution is -2.46. The van der Waals surface area contributed by atoms with Crippen LogP contribution in [-0.2, 0) is 13.1 Å². The summed E-state index contributed by atoms with van der Waals surface area (Å²) in [5.74, 6) is 0. The van der Waals surface area contributed by atoms with Crippen molar-refractivity contribution in [3.8, 4) is 0 Å². The Kier molecular flexibility index (Phi) is 3.52. The second-order valence-electron chi connectivity index (χ2n) is 8.25. The Morgan fingerprint density at radius 1 is 0.833 bits per heavy atom. The third kappa shape index (κ3) is 2.33. The molecule has 3 aliphatic rings. The van der Waals surface area contributed by atoms with E-state index < -0.39 is 0 Å². The van der Waals surface area contributed by atoms with Gasteiger partial charge in [-0.1, -0.05) is 30.3 Å². The largest absolute Gasteiger partial charge is 0.316 e. The summed E-state index contributed by atoms with van der Waals surface area (Å²) in [6.45, 7) is 5.35. The van der Waals surface area contributed by atoms with Gasteiger partial charge in [0.2, 0.25) is 0 Å². The van der Waals surface area contributed by atoms with Crippen LogP contribution >= 0.6 is 0 Å². The second kappa shape index (κ2) is 5.74. The minimum atomic E-state index is 1.27. The van der Waals surface area contributed by atoms with Crippen LogP contribution in [0.4, 0.5) is 0 Å². The highest BCUT2D eigenvalue weighted by Gasteiger charge is 2.39. The van der Waals surface area contributed by atoms with E-state index in [2.05, 4.69) is 36.4 Å². The molecule has 0 saturated carbocycles. The summed E-state index contributed by atoms with van der Waals surface area (Å²) < 4.78 is 1.34. The molecule has 2 heterocycles. The highest BCUT2D eigenvalue weighted by Crippen LogP contribution is 2.43. The van der Waals surface area contributed by atoms with Gasteiger partial charge in [0.05, 0.1) is 13.1 Å². The van der Waals surface area contributed by atoms with E-state index in [0.29, 0.717) is 0 Å². The van der Waals surface area contributed by atoms with Gasteiger partial charge in [0.15, 0.2) is 0 Å². The summed E-state index contributed by atoms with van der Waals surface area (Å²) in [4.78, 5) is 0. The van der Waals surface area contributed by atoms with Crippen LogP contribution in [0.3, 0.4) is 0 Å². The number of nitrogens with zero attached hydrogens (tertiary/aromatic N) is 1. The fraction of sp³-hybridized carbons (Fsp3) is 0.478. The predicted octanol–water partition coefficient (Wildman–Crippen LogP) is 5.81. The zero-order chi connectivity index (χ0) is 16.0. The zero-order valence-corrected chi connectivity index (χ0v) is 14.7. The molecular weight excluding hydrogens is 290 g/mol. The number of hydrogen-bond acceptors (Lipinski definition) is 0. The minimum absolute atomic E-state index is 1.27. The molecule has 2 aromatic rings. The molecule has 2 aromatic carbocycles. The molecule has 0 amide bonds. The average molecular weight is 318 g/mol. The van der Waals surface area contributed by atoms with E-state index in [1.807, 2.05) is 0 Å². The van der Waals surface area contributed by atoms with E-state index in [0.717, 1.165) is 0 Å². The van der Waals surface area contributed by atoms with Gasteiger partial charge < -0.3 is 4.48 Å². The molecule has 1 aliphatic carbocycles. The Labute approximate surface area is 145 Å². The Morgan fingerprint density at radius 3 is 2.54 bits per heavy atom. The Balaban J connectivity index is 1.70. The molecule has 5 rings (SSSR count). The first-order chi connectivity index (χ1) is 11.8. The highest BCUT2D eigenvalue weighted by atomic mass is 15.4. The maximum atomic E-state index is 2.55. The molecular formula is C23H28N+. The topological polar surface area (TPSA) is 0 Å². The lowest BCUT2D eigenvalue weighted by atomic mass is 9.86. The number of rotatable bonds is 1. The van der Waals surface area contributed by atoms with Gasteiger partial charge in [-0.25, -0.2) is 0 Å². The van der Waals surface area contributed by atoms with Crippen molar-refractivity contribution >= 4 is 16.3 Å². The quantitative estimate of drug-likeness (QED) is 0.582. The average Bonchev–Trinajstić information content (AvgIpc) is 2.97. The third-order valence-electron chi connectivity index (χ3n) is 6.63. The van der Waals surface area contributed by atoms with Crippen molar-refractivity contribution in [2.24, 2.45) is 0 Å². The normalized spacial score (nSPS) is 22.6. The van der Waals surface area contributed by atoms with Gasteiger partial charge in [0.1, 0.15) is 13.1 Å². The molecule has 0 aromatic heterocycles. The predicted molar refractivity (Wildman–Crippen MR) is 102 cm³/mol. The molecule has 1 nitrogen and oxygen atoms in total. The molecule has 0 N–H and O–H groups in total. The molecule has 1 fully saturated rings. The van der Waals surface area contributed by atoms with E-state index in [1.54, 1.807) is 22.3 Å². The fourth-order valence-corrected chi connectivity index (χ4v) is 5.45. The van der Waals surface area contributed by atoms with Gasteiger partial charge in [0.25, 0.3) is 0 Å². The number of quaternary nitrogens is 1. The van der Waals surface area contributed by atoms with Gasteiger partial charge in [-0.05, 0) is 72.9 Å². The molecule has 24 heavy (non-hydrogen) atoms. The van der Waals surface area contributed by atoms with Crippen LogP contribution in [0.25, 0.3) is 16.3 Å². The first-order valence-electron chi connectivity index (χ1n) is 9.93. The summed E-state index contributed by atoms with van der Waals surface area (Å²) >= 11 is 0. The maximum absolute atomic E-state index is 2.55. The standard InChI is InChI=1S/C23H28N/c1-3-9-18(10-4-1)23-21-12-6-5-11-19(21)15-20-16-24(17-22(20)23)13-7-2-8-14-24/h5-6,9,11-12,15H,1-4,7-8,10,13-14,16-17H2/q+1. The molecule has 0 atom stereocenters. The molecule has 1 spiro atoms. The van der Waals surface area contributed by atoms with Gasteiger partial charge in [-0.15, -0.1) is 0 Å². The Bertz CT molecular complexity index is 808. The zero-order valence-electron chi connectivity index (χ0n) is 14.7. The first-order valence-corrected chi connectivity index (χ1v) is 9.93. The molecule has 2 aliphatic heterocycles. The van der Waals surface area contributed by atoms with Gasteiger partial charge in [-0.3, -0.25) is 0 Å². The molecule has 0 radical (unpaired) electrons. The lowest BCUT2D eigenvalue weighted by molar-refractivity contribution is -0.951. The summed E-state index contributed by atoms with van der Waals surface area (Å²) in [5, 5.41) is 2.95. The monoisotopic (exact) mass is 318 g/mol. The molecule has 0 bridgehead atoms. The van der Waals surface area contributed by atoms with E-state index in [1.165, 1.54) is 86.4 Å². The molecule has 1 saturated heterocycles. The van der Waals surface area contributed by atoms with E-state index in [9.17, 15) is 0 Å². The van der Waals surface area contributed by atoms with Crippen LogP contribution < -0.4 is 0 Å². The lowest BCUT2D eigenvalue weighted by Gasteiger charge is -2.37. The number of allylic oxidation sites excluding steroid dienone is 2. The number of benzene rings is 2. The third-order valence-corrected chi connectivity index (χ3v) is 6.63. The summed E-state index contributed by atoms with van der Waals surface area (Å²) in [7, 11) is 0. The van der Waals surface area contributed by atoms with Crippen molar-refractivity contribution in [1.82, 2.24) is 0 Å². The number of piperidine rings is 1. The first kappa shape index (κ1) is 14.7. The van der Waals surface area contributed by atoms with Crippen LogP contribution in [-0.4, -0.2) is 17.6 Å². The summed E-state index contributed by atoms with van der Waals surface area (Å²) in [6, 6.07) is 11.6. The van der Waals surface area contributed by atoms with Gasteiger partial charge >= 0.3 is 0 Å². The van der Waals surface area contributed by atoms with Gasteiger partial charge in [-0.2, -0.15) is 0 Å². The number of fused-ring (bicyclic) bond motifs is 2. The number of hydrogen-bond donors (Lipinski definition) is 0. The Hall–Kier alpha value is -1.60. The van der Waals surface area contributed by atoms with Crippen LogP contribution in [0.5, 0.6) is 0 Å². The smallest absolute Gasteiger partial charge is 0.106 e. The van der Waals surface area contributed by atoms with E-state index in [4.69, 9.17) is 0 Å². The van der Waals surface area contributed by atoms with Crippen molar-refractivity contribution in [3.63, 3.8) is 0 Å². The molecule has 1 heteroatoms. The van der Waals surface area contributed by atoms with Crippen molar-refractivity contribution in [1.29, 1.82) is 0 Å². The minimum Gasteiger partial charge on any atom is -0.316 e. The van der Waals surface area contributed by atoms with E-state index in [-0.39, 0.29) is 0 Å². The van der Waals surface area contributed by atoms with Crippen LogP contribution in [0.15, 0.2) is 36.4 Å². The van der Waals surface area contributed by atoms with Crippen molar-refractivity contribution < 1.29 is 4.48 Å². The molecule has 0 unspecified atom stereocenters. The van der Waals surface area contributed by atoms with Crippen LogP contribution in [0.1, 0.15) is 61.6 Å². The SMILES string of the molecule is C1=C(c2c3c(cc4ccccc24)C[N+]2(CCCCC2)C3)CCCC1. The van der Waals surface area contributed by atoms with Crippen LogP contribution in [0.2, 0.25) is 0 Å².